The lowest BCUT2D eigenvalue weighted by Gasteiger charge is -2.21. The molecule has 2 N–H and O–H groups in total. The molecule has 1 aliphatic rings. The van der Waals surface area contributed by atoms with Crippen molar-refractivity contribution < 1.29 is 14.3 Å². The quantitative estimate of drug-likeness (QED) is 0.716. The Balaban J connectivity index is 1.94. The summed E-state index contributed by atoms with van der Waals surface area (Å²) in [5, 5.41) is 5.31. The summed E-state index contributed by atoms with van der Waals surface area (Å²) in [7, 11) is 1.50. The van der Waals surface area contributed by atoms with Crippen LogP contribution in [0.5, 0.6) is 5.75 Å². The van der Waals surface area contributed by atoms with E-state index >= 15 is 0 Å². The Kier molecular flexibility index (Phi) is 5.54. The van der Waals surface area contributed by atoms with Crippen molar-refractivity contribution >= 4 is 46.1 Å². The van der Waals surface area contributed by atoms with E-state index in [9.17, 15) is 9.59 Å². The molecule has 5 nitrogen and oxygen atoms in total. The predicted molar refractivity (Wildman–Crippen MR) is 107 cm³/mol. The lowest BCUT2D eigenvalue weighted by atomic mass is 10.0. The van der Waals surface area contributed by atoms with Gasteiger partial charge in [-0.3, -0.25) is 9.59 Å². The number of rotatable bonds is 5. The molecule has 0 aliphatic heterocycles. The van der Waals surface area contributed by atoms with Gasteiger partial charge < -0.3 is 15.4 Å². The van der Waals surface area contributed by atoms with Crippen molar-refractivity contribution in [3.8, 4) is 5.75 Å². The molecule has 7 heteroatoms. The van der Waals surface area contributed by atoms with E-state index in [4.69, 9.17) is 27.9 Å². The number of anilines is 2. The van der Waals surface area contributed by atoms with Crippen LogP contribution >= 0.6 is 23.2 Å². The van der Waals surface area contributed by atoms with Gasteiger partial charge in [-0.15, -0.1) is 0 Å². The largest absolute Gasteiger partial charge is 0.495 e. The SMILES string of the molecule is COc1ccccc1NC1=C(Cl)C(=O)C(Nc2ccccc2C)=C(Cl)C1=O. The van der Waals surface area contributed by atoms with E-state index in [0.717, 1.165) is 5.56 Å². The van der Waals surface area contributed by atoms with Gasteiger partial charge in [-0.25, -0.2) is 0 Å². The summed E-state index contributed by atoms with van der Waals surface area (Å²) < 4.78 is 5.24. The lowest BCUT2D eigenvalue weighted by Crippen LogP contribution is -2.27. The third kappa shape index (κ3) is 3.70. The van der Waals surface area contributed by atoms with Crippen LogP contribution in [0.2, 0.25) is 0 Å². The second-order valence-corrected chi connectivity index (χ2v) is 6.56. The van der Waals surface area contributed by atoms with Crippen molar-refractivity contribution in [1.29, 1.82) is 0 Å². The first-order chi connectivity index (χ1) is 12.9. The maximum absolute atomic E-state index is 12.7. The number of halogens is 2. The number of hydrogen-bond donors (Lipinski definition) is 2. The highest BCUT2D eigenvalue weighted by Crippen LogP contribution is 2.33. The van der Waals surface area contributed by atoms with Gasteiger partial charge in [-0.2, -0.15) is 0 Å². The molecule has 0 bridgehead atoms. The molecule has 0 unspecified atom stereocenters. The number of aryl methyl sites for hydroxylation is 1. The predicted octanol–water partition coefficient (Wildman–Crippen LogP) is 4.58. The van der Waals surface area contributed by atoms with Gasteiger partial charge in [0.2, 0.25) is 11.6 Å². The fraction of sp³-hybridized carbons (Fsp3) is 0.100. The average Bonchev–Trinajstić information content (AvgIpc) is 2.68. The molecule has 0 atom stereocenters. The average molecular weight is 403 g/mol. The van der Waals surface area contributed by atoms with Crippen molar-refractivity contribution in [3.05, 3.63) is 75.6 Å². The molecule has 0 saturated heterocycles. The third-order valence-electron chi connectivity index (χ3n) is 4.06. The topological polar surface area (TPSA) is 67.4 Å². The zero-order valence-electron chi connectivity index (χ0n) is 14.6. The molecule has 138 valence electrons. The maximum atomic E-state index is 12.7. The number of nitrogens with one attached hydrogen (secondary N) is 2. The van der Waals surface area contributed by atoms with Gasteiger partial charge in [0.15, 0.2) is 0 Å². The van der Waals surface area contributed by atoms with E-state index in [2.05, 4.69) is 10.6 Å². The van der Waals surface area contributed by atoms with Gasteiger partial charge >= 0.3 is 0 Å². The van der Waals surface area contributed by atoms with E-state index in [-0.39, 0.29) is 21.5 Å². The third-order valence-corrected chi connectivity index (χ3v) is 4.78. The minimum Gasteiger partial charge on any atom is -0.495 e. The number of para-hydroxylation sites is 3. The molecule has 3 rings (SSSR count). The molecular weight excluding hydrogens is 387 g/mol. The molecule has 0 fully saturated rings. The molecule has 0 saturated carbocycles. The Bertz CT molecular complexity index is 996. The van der Waals surface area contributed by atoms with Gasteiger partial charge in [-0.1, -0.05) is 53.5 Å². The van der Waals surface area contributed by atoms with Crippen LogP contribution in [-0.2, 0) is 9.59 Å². The van der Waals surface area contributed by atoms with Crippen LogP contribution in [0.4, 0.5) is 11.4 Å². The summed E-state index contributed by atoms with van der Waals surface area (Å²) in [5.41, 5.74) is 1.91. The van der Waals surface area contributed by atoms with E-state index < -0.39 is 11.6 Å². The van der Waals surface area contributed by atoms with Gasteiger partial charge in [0.1, 0.15) is 27.2 Å². The summed E-state index contributed by atoms with van der Waals surface area (Å²) in [6, 6.07) is 14.3. The molecule has 0 heterocycles. The fourth-order valence-corrected chi connectivity index (χ4v) is 3.05. The summed E-state index contributed by atoms with van der Waals surface area (Å²) in [5.74, 6) is -0.649. The number of methoxy groups -OCH3 is 1. The fourth-order valence-electron chi connectivity index (χ4n) is 2.60. The highest BCUT2D eigenvalue weighted by atomic mass is 35.5. The van der Waals surface area contributed by atoms with Crippen molar-refractivity contribution in [2.24, 2.45) is 0 Å². The normalized spacial score (nSPS) is 14.5. The van der Waals surface area contributed by atoms with Crippen LogP contribution < -0.4 is 15.4 Å². The second-order valence-electron chi connectivity index (χ2n) is 5.80. The van der Waals surface area contributed by atoms with Crippen molar-refractivity contribution in [2.75, 3.05) is 17.7 Å². The minimum atomic E-state index is -0.580. The Morgan fingerprint density at radius 3 is 1.81 bits per heavy atom. The van der Waals surface area contributed by atoms with E-state index in [1.165, 1.54) is 7.11 Å². The molecule has 0 aromatic heterocycles. The zero-order valence-corrected chi connectivity index (χ0v) is 16.1. The Labute approximate surface area is 166 Å². The Hall–Kier alpha value is -2.76. The number of allylic oxidation sites excluding steroid dienone is 2. The molecule has 0 radical (unpaired) electrons. The van der Waals surface area contributed by atoms with Gasteiger partial charge in [0, 0.05) is 5.69 Å². The van der Waals surface area contributed by atoms with Crippen LogP contribution in [0.1, 0.15) is 5.56 Å². The standard InChI is InChI=1S/C20H16Cl2N2O3/c1-11-7-3-4-8-12(11)23-17-15(21)20(26)18(16(22)19(17)25)24-13-9-5-6-10-14(13)27-2/h3-10,23-24H,1-2H3. The highest BCUT2D eigenvalue weighted by Gasteiger charge is 2.34. The summed E-state index contributed by atoms with van der Waals surface area (Å²) >= 11 is 12.4. The molecule has 2 aromatic carbocycles. The lowest BCUT2D eigenvalue weighted by molar-refractivity contribution is -0.115. The number of carbonyl (C=O) groups is 2. The monoisotopic (exact) mass is 402 g/mol. The van der Waals surface area contributed by atoms with Gasteiger partial charge in [0.05, 0.1) is 12.8 Å². The van der Waals surface area contributed by atoms with E-state index in [1.54, 1.807) is 30.3 Å². The molecular formula is C20H16Cl2N2O3. The number of hydrogen-bond acceptors (Lipinski definition) is 5. The number of ketones is 2. The summed E-state index contributed by atoms with van der Waals surface area (Å²) in [6.45, 7) is 1.87. The number of Topliss-reactive ketones (excluding diaryl/α,β-unsaturated/α-hetero) is 2. The first-order valence-electron chi connectivity index (χ1n) is 8.05. The summed E-state index contributed by atoms with van der Waals surface area (Å²) in [4.78, 5) is 25.5. The van der Waals surface area contributed by atoms with Crippen LogP contribution in [0, 0.1) is 6.92 Å². The molecule has 27 heavy (non-hydrogen) atoms. The number of benzene rings is 2. The van der Waals surface area contributed by atoms with Crippen LogP contribution in [0.3, 0.4) is 0 Å². The first kappa shape index (κ1) is 19.0. The second kappa shape index (κ2) is 7.86. The molecule has 1 aliphatic carbocycles. The van der Waals surface area contributed by atoms with Crippen molar-refractivity contribution in [1.82, 2.24) is 0 Å². The first-order valence-corrected chi connectivity index (χ1v) is 8.81. The highest BCUT2D eigenvalue weighted by molar-refractivity contribution is 6.56. The Morgan fingerprint density at radius 2 is 1.26 bits per heavy atom. The Morgan fingerprint density at radius 1 is 0.778 bits per heavy atom. The molecule has 0 amide bonds. The van der Waals surface area contributed by atoms with E-state index in [1.807, 2.05) is 25.1 Å². The van der Waals surface area contributed by atoms with E-state index in [0.29, 0.717) is 17.1 Å². The van der Waals surface area contributed by atoms with Gasteiger partial charge in [0.25, 0.3) is 0 Å². The summed E-state index contributed by atoms with van der Waals surface area (Å²) in [6.07, 6.45) is 0. The van der Waals surface area contributed by atoms with Crippen LogP contribution in [0.15, 0.2) is 70.0 Å². The van der Waals surface area contributed by atoms with Crippen molar-refractivity contribution in [3.63, 3.8) is 0 Å². The molecule has 0 spiro atoms. The molecule has 2 aromatic rings. The number of carbonyl (C=O) groups excluding carboxylic acids is 2. The number of ether oxygens (including phenoxy) is 1. The van der Waals surface area contributed by atoms with Crippen molar-refractivity contribution in [2.45, 2.75) is 6.92 Å². The minimum absolute atomic E-state index is 0.0495. The smallest absolute Gasteiger partial charge is 0.224 e. The van der Waals surface area contributed by atoms with Crippen LogP contribution in [0.25, 0.3) is 0 Å². The zero-order chi connectivity index (χ0) is 19.6. The maximum Gasteiger partial charge on any atom is 0.224 e. The van der Waals surface area contributed by atoms with Gasteiger partial charge in [-0.05, 0) is 30.7 Å². The van der Waals surface area contributed by atoms with Crippen LogP contribution in [-0.4, -0.2) is 18.7 Å².